The summed E-state index contributed by atoms with van der Waals surface area (Å²) in [4.78, 5) is 11.2. The van der Waals surface area contributed by atoms with Crippen LogP contribution >= 0.6 is 0 Å². The Bertz CT molecular complexity index is 494. The molecule has 1 aromatic rings. The summed E-state index contributed by atoms with van der Waals surface area (Å²) in [5.41, 5.74) is 0.946. The quantitative estimate of drug-likeness (QED) is 0.746. The Morgan fingerprint density at radius 2 is 1.93 bits per heavy atom. The van der Waals surface area contributed by atoms with Gasteiger partial charge in [-0.05, 0) is 30.7 Å². The minimum Gasteiger partial charge on any atom is -0.355 e. The molecule has 82 valence electrons. The second-order valence-electron chi connectivity index (χ2n) is 3.16. The highest BCUT2D eigenvalue weighted by Crippen LogP contribution is 2.13. The molecule has 0 saturated heterocycles. The van der Waals surface area contributed by atoms with Gasteiger partial charge in [-0.15, -0.1) is 0 Å². The number of nitrogens with one attached hydrogen (secondary N) is 1. The van der Waals surface area contributed by atoms with Gasteiger partial charge >= 0.3 is 0 Å². The Balaban J connectivity index is 3.35. The molecular formula is C9H12N2O3S. The van der Waals surface area contributed by atoms with Crippen molar-refractivity contribution in [2.45, 2.75) is 11.8 Å². The number of hydrogen-bond donors (Lipinski definition) is 2. The van der Waals surface area contributed by atoms with E-state index in [0.29, 0.717) is 5.56 Å². The van der Waals surface area contributed by atoms with Crippen LogP contribution in [0.2, 0.25) is 0 Å². The van der Waals surface area contributed by atoms with E-state index in [1.807, 2.05) is 0 Å². The Morgan fingerprint density at radius 3 is 2.40 bits per heavy atom. The molecule has 0 unspecified atom stereocenters. The second-order valence-corrected chi connectivity index (χ2v) is 4.72. The second kappa shape index (κ2) is 4.00. The van der Waals surface area contributed by atoms with Gasteiger partial charge in [0.1, 0.15) is 0 Å². The first-order valence-corrected chi connectivity index (χ1v) is 5.76. The van der Waals surface area contributed by atoms with Crippen molar-refractivity contribution in [3.05, 3.63) is 29.3 Å². The number of hydrogen-bond acceptors (Lipinski definition) is 3. The normalized spacial score (nSPS) is 11.1. The number of sulfonamides is 1. The van der Waals surface area contributed by atoms with E-state index >= 15 is 0 Å². The predicted molar refractivity (Wildman–Crippen MR) is 55.9 cm³/mol. The maximum Gasteiger partial charge on any atom is 0.251 e. The van der Waals surface area contributed by atoms with Crippen molar-refractivity contribution in [1.82, 2.24) is 5.32 Å². The maximum atomic E-state index is 11.3. The average Bonchev–Trinajstić information content (AvgIpc) is 2.14. The van der Waals surface area contributed by atoms with E-state index < -0.39 is 10.0 Å². The first kappa shape index (κ1) is 11.7. The number of carbonyl (C=O) groups is 1. The lowest BCUT2D eigenvalue weighted by molar-refractivity contribution is 0.0963. The van der Waals surface area contributed by atoms with Gasteiger partial charge in [0.2, 0.25) is 10.0 Å². The fourth-order valence-corrected chi connectivity index (χ4v) is 1.83. The van der Waals surface area contributed by atoms with Gasteiger partial charge in [-0.1, -0.05) is 0 Å². The van der Waals surface area contributed by atoms with Gasteiger partial charge in [0.05, 0.1) is 4.90 Å². The van der Waals surface area contributed by atoms with Gasteiger partial charge in [0.15, 0.2) is 0 Å². The molecule has 0 fully saturated rings. The summed E-state index contributed by atoms with van der Waals surface area (Å²) in [6.07, 6.45) is 0. The first-order valence-electron chi connectivity index (χ1n) is 4.21. The number of carbonyl (C=O) groups excluding carboxylic acids is 1. The molecule has 6 heteroatoms. The maximum absolute atomic E-state index is 11.3. The van der Waals surface area contributed by atoms with Crippen molar-refractivity contribution >= 4 is 15.9 Å². The zero-order valence-electron chi connectivity index (χ0n) is 8.44. The van der Waals surface area contributed by atoms with Gasteiger partial charge < -0.3 is 5.32 Å². The van der Waals surface area contributed by atoms with Crippen LogP contribution in [0.4, 0.5) is 0 Å². The van der Waals surface area contributed by atoms with E-state index in [9.17, 15) is 13.2 Å². The third kappa shape index (κ3) is 2.77. The Hall–Kier alpha value is -1.40. The molecule has 0 saturated carbocycles. The van der Waals surface area contributed by atoms with E-state index in [-0.39, 0.29) is 16.4 Å². The molecule has 1 rings (SSSR count). The van der Waals surface area contributed by atoms with Gasteiger partial charge in [-0.3, -0.25) is 4.79 Å². The largest absolute Gasteiger partial charge is 0.355 e. The molecule has 0 heterocycles. The highest BCUT2D eigenvalue weighted by molar-refractivity contribution is 7.89. The molecule has 0 aliphatic carbocycles. The molecule has 0 aromatic heterocycles. The van der Waals surface area contributed by atoms with Crippen molar-refractivity contribution in [2.24, 2.45) is 5.14 Å². The van der Waals surface area contributed by atoms with Crippen LogP contribution in [0.15, 0.2) is 23.1 Å². The van der Waals surface area contributed by atoms with E-state index in [1.165, 1.54) is 19.2 Å². The zero-order chi connectivity index (χ0) is 11.6. The molecule has 15 heavy (non-hydrogen) atoms. The van der Waals surface area contributed by atoms with E-state index in [0.717, 1.165) is 0 Å². The van der Waals surface area contributed by atoms with Crippen molar-refractivity contribution in [1.29, 1.82) is 0 Å². The molecule has 0 atom stereocenters. The van der Waals surface area contributed by atoms with Crippen molar-refractivity contribution in [3.8, 4) is 0 Å². The van der Waals surface area contributed by atoms with Crippen LogP contribution in [0.5, 0.6) is 0 Å². The Labute approximate surface area is 88.3 Å². The third-order valence-electron chi connectivity index (χ3n) is 1.87. The number of aryl methyl sites for hydroxylation is 1. The predicted octanol–water partition coefficient (Wildman–Crippen LogP) is 0.00202. The van der Waals surface area contributed by atoms with E-state index in [2.05, 4.69) is 5.32 Å². The van der Waals surface area contributed by atoms with Crippen LogP contribution in [0.25, 0.3) is 0 Å². The number of amides is 1. The summed E-state index contributed by atoms with van der Waals surface area (Å²) >= 11 is 0. The molecule has 1 amide bonds. The fourth-order valence-electron chi connectivity index (χ4n) is 1.19. The molecule has 3 N–H and O–H groups in total. The minimum atomic E-state index is -3.77. The van der Waals surface area contributed by atoms with Crippen LogP contribution in [0, 0.1) is 6.92 Å². The van der Waals surface area contributed by atoms with Crippen LogP contribution in [0.3, 0.4) is 0 Å². The summed E-state index contributed by atoms with van der Waals surface area (Å²) < 4.78 is 22.2. The summed E-state index contributed by atoms with van der Waals surface area (Å²) in [7, 11) is -2.30. The van der Waals surface area contributed by atoms with Crippen molar-refractivity contribution in [3.63, 3.8) is 0 Å². The van der Waals surface area contributed by atoms with Crippen LogP contribution in [-0.2, 0) is 10.0 Å². The van der Waals surface area contributed by atoms with Crippen LogP contribution in [0.1, 0.15) is 15.9 Å². The summed E-state index contributed by atoms with van der Waals surface area (Å²) in [6, 6.07) is 4.26. The average molecular weight is 228 g/mol. The number of benzene rings is 1. The Kier molecular flexibility index (Phi) is 3.11. The molecule has 0 aliphatic heterocycles. The third-order valence-corrected chi connectivity index (χ3v) is 2.76. The molecule has 0 aliphatic rings. The fraction of sp³-hybridized carbons (Fsp3) is 0.222. The minimum absolute atomic E-state index is 0.0545. The lowest BCUT2D eigenvalue weighted by Crippen LogP contribution is -2.19. The molecule has 1 aromatic carbocycles. The highest BCUT2D eigenvalue weighted by Gasteiger charge is 2.12. The number of nitrogens with two attached hydrogens (primary N) is 1. The highest BCUT2D eigenvalue weighted by atomic mass is 32.2. The van der Waals surface area contributed by atoms with Crippen LogP contribution < -0.4 is 10.5 Å². The Morgan fingerprint density at radius 1 is 1.33 bits per heavy atom. The lowest BCUT2D eigenvalue weighted by Gasteiger charge is -2.04. The summed E-state index contributed by atoms with van der Waals surface area (Å²) in [6.45, 7) is 1.70. The van der Waals surface area contributed by atoms with E-state index in [4.69, 9.17) is 5.14 Å². The van der Waals surface area contributed by atoms with Gasteiger partial charge in [0.25, 0.3) is 5.91 Å². The van der Waals surface area contributed by atoms with Gasteiger partial charge in [-0.2, -0.15) is 0 Å². The van der Waals surface area contributed by atoms with Gasteiger partial charge in [0, 0.05) is 12.6 Å². The lowest BCUT2D eigenvalue weighted by atomic mass is 10.1. The number of rotatable bonds is 2. The van der Waals surface area contributed by atoms with Crippen molar-refractivity contribution < 1.29 is 13.2 Å². The molecule has 5 nitrogen and oxygen atoms in total. The summed E-state index contributed by atoms with van der Waals surface area (Å²) in [5.74, 6) is -0.344. The first-order chi connectivity index (χ1) is 6.84. The van der Waals surface area contributed by atoms with Crippen molar-refractivity contribution in [2.75, 3.05) is 7.05 Å². The number of primary sulfonamides is 1. The molecule has 0 bridgehead atoms. The zero-order valence-corrected chi connectivity index (χ0v) is 9.26. The monoisotopic (exact) mass is 228 g/mol. The summed E-state index contributed by atoms with van der Waals surface area (Å²) in [5, 5.41) is 7.39. The smallest absolute Gasteiger partial charge is 0.251 e. The van der Waals surface area contributed by atoms with Crippen LogP contribution in [-0.4, -0.2) is 21.4 Å². The molecule has 0 spiro atoms. The SMILES string of the molecule is CNC(=O)c1cc(C)cc(S(N)(=O)=O)c1. The molecule has 0 radical (unpaired) electrons. The molecular weight excluding hydrogens is 216 g/mol. The van der Waals surface area contributed by atoms with Gasteiger partial charge in [-0.25, -0.2) is 13.6 Å². The van der Waals surface area contributed by atoms with E-state index in [1.54, 1.807) is 13.0 Å². The topological polar surface area (TPSA) is 89.3 Å². The standard InChI is InChI=1S/C9H12N2O3S/c1-6-3-7(9(12)11-2)5-8(4-6)15(10,13)14/h3-5H,1-2H3,(H,11,12)(H2,10,13,14).